The fourth-order valence-electron chi connectivity index (χ4n) is 3.03. The molecule has 16 heavy (non-hydrogen) atoms. The lowest BCUT2D eigenvalue weighted by molar-refractivity contribution is 0.391. The summed E-state index contributed by atoms with van der Waals surface area (Å²) in [6.45, 7) is 5.58. The topological polar surface area (TPSA) is 12.0 Å². The van der Waals surface area contributed by atoms with Crippen molar-refractivity contribution in [1.82, 2.24) is 0 Å². The first-order valence-corrected chi connectivity index (χ1v) is 6.64. The maximum Gasteiger partial charge on any atom is 0.0640 e. The quantitative estimate of drug-likeness (QED) is 0.807. The highest BCUT2D eigenvalue weighted by atomic mass is 35.5. The molecule has 1 N–H and O–H groups in total. The molecule has 2 rings (SSSR count). The van der Waals surface area contributed by atoms with Gasteiger partial charge in [-0.1, -0.05) is 50.4 Å². The number of hydrogen-bond acceptors (Lipinski definition) is 1. The second-order valence-corrected chi connectivity index (χ2v) is 5.20. The Balaban J connectivity index is 2.42. The summed E-state index contributed by atoms with van der Waals surface area (Å²) in [4.78, 5) is 0. The van der Waals surface area contributed by atoms with E-state index in [4.69, 9.17) is 11.6 Å². The van der Waals surface area contributed by atoms with Crippen molar-refractivity contribution >= 4 is 17.3 Å². The molecule has 0 saturated carbocycles. The minimum Gasteiger partial charge on any atom is -0.383 e. The van der Waals surface area contributed by atoms with Crippen molar-refractivity contribution in [3.8, 4) is 0 Å². The minimum absolute atomic E-state index is 0.323. The van der Waals surface area contributed by atoms with Crippen LogP contribution < -0.4 is 5.32 Å². The van der Waals surface area contributed by atoms with E-state index in [0.29, 0.717) is 5.41 Å². The van der Waals surface area contributed by atoms with E-state index < -0.39 is 0 Å². The van der Waals surface area contributed by atoms with Gasteiger partial charge in [-0.2, -0.15) is 0 Å². The van der Waals surface area contributed by atoms with Crippen LogP contribution in [0.25, 0.3) is 0 Å². The zero-order valence-electron chi connectivity index (χ0n) is 10.1. The predicted molar refractivity (Wildman–Crippen MR) is 71.4 cm³/mol. The van der Waals surface area contributed by atoms with E-state index in [1.54, 1.807) is 0 Å². The fourth-order valence-corrected chi connectivity index (χ4v) is 3.27. The van der Waals surface area contributed by atoms with Crippen molar-refractivity contribution in [2.45, 2.75) is 44.9 Å². The van der Waals surface area contributed by atoms with E-state index in [1.165, 1.54) is 36.9 Å². The highest BCUT2D eigenvalue weighted by Gasteiger charge is 2.37. The standard InChI is InChI=1S/C14H20ClN/c1-3-8-14(9-4-2)10-16-13-11(14)6-5-7-12(13)15/h5-7,16H,3-4,8-10H2,1-2H3. The number of halogens is 1. The fraction of sp³-hybridized carbons (Fsp3) is 0.571. The summed E-state index contributed by atoms with van der Waals surface area (Å²) in [6, 6.07) is 6.29. The number of anilines is 1. The molecular formula is C14H20ClN. The summed E-state index contributed by atoms with van der Waals surface area (Å²) in [5.74, 6) is 0. The second-order valence-electron chi connectivity index (χ2n) is 4.80. The van der Waals surface area contributed by atoms with Crippen LogP contribution in [-0.4, -0.2) is 6.54 Å². The lowest BCUT2D eigenvalue weighted by atomic mass is 9.75. The van der Waals surface area contributed by atoms with E-state index in [-0.39, 0.29) is 0 Å². The summed E-state index contributed by atoms with van der Waals surface area (Å²) in [7, 11) is 0. The van der Waals surface area contributed by atoms with E-state index in [1.807, 2.05) is 6.07 Å². The average Bonchev–Trinajstić information content (AvgIpc) is 2.61. The summed E-state index contributed by atoms with van der Waals surface area (Å²) in [5, 5.41) is 4.36. The van der Waals surface area contributed by atoms with Crippen LogP contribution in [-0.2, 0) is 5.41 Å². The molecule has 0 bridgehead atoms. The van der Waals surface area contributed by atoms with Crippen molar-refractivity contribution in [2.24, 2.45) is 0 Å². The van der Waals surface area contributed by atoms with Gasteiger partial charge in [0.15, 0.2) is 0 Å². The number of fused-ring (bicyclic) bond motifs is 1. The molecule has 1 aromatic rings. The predicted octanol–water partition coefficient (Wildman–Crippen LogP) is 4.60. The second kappa shape index (κ2) is 4.67. The number of rotatable bonds is 4. The molecule has 0 saturated heterocycles. The van der Waals surface area contributed by atoms with Crippen LogP contribution >= 0.6 is 11.6 Å². The van der Waals surface area contributed by atoms with Gasteiger partial charge in [0, 0.05) is 12.0 Å². The molecule has 0 aromatic heterocycles. The van der Waals surface area contributed by atoms with Gasteiger partial charge in [0.2, 0.25) is 0 Å². The van der Waals surface area contributed by atoms with Gasteiger partial charge in [-0.3, -0.25) is 0 Å². The van der Waals surface area contributed by atoms with Gasteiger partial charge < -0.3 is 5.32 Å². The highest BCUT2D eigenvalue weighted by Crippen LogP contribution is 2.45. The molecule has 1 nitrogen and oxygen atoms in total. The van der Waals surface area contributed by atoms with E-state index >= 15 is 0 Å². The third-order valence-corrected chi connectivity index (χ3v) is 3.96. The first-order chi connectivity index (χ1) is 7.73. The molecule has 2 heteroatoms. The van der Waals surface area contributed by atoms with Crippen LogP contribution in [0.1, 0.15) is 45.1 Å². The van der Waals surface area contributed by atoms with Crippen LogP contribution in [0.3, 0.4) is 0 Å². The molecule has 1 aliphatic heterocycles. The minimum atomic E-state index is 0.323. The third kappa shape index (κ3) is 1.82. The van der Waals surface area contributed by atoms with Crippen molar-refractivity contribution in [2.75, 3.05) is 11.9 Å². The first kappa shape index (κ1) is 11.8. The summed E-state index contributed by atoms with van der Waals surface area (Å²) >= 11 is 6.23. The van der Waals surface area contributed by atoms with Crippen LogP contribution in [0.15, 0.2) is 18.2 Å². The first-order valence-electron chi connectivity index (χ1n) is 6.26. The summed E-state index contributed by atoms with van der Waals surface area (Å²) in [6.07, 6.45) is 4.96. The molecule has 0 aliphatic carbocycles. The molecule has 0 radical (unpaired) electrons. The molecule has 1 heterocycles. The molecule has 1 aromatic carbocycles. The zero-order valence-corrected chi connectivity index (χ0v) is 10.9. The van der Waals surface area contributed by atoms with Crippen molar-refractivity contribution in [3.63, 3.8) is 0 Å². The molecule has 0 atom stereocenters. The smallest absolute Gasteiger partial charge is 0.0640 e. The Morgan fingerprint density at radius 3 is 2.56 bits per heavy atom. The van der Waals surface area contributed by atoms with Gasteiger partial charge in [0.1, 0.15) is 0 Å². The molecule has 0 fully saturated rings. The SMILES string of the molecule is CCCC1(CCC)CNc2c(Cl)cccc21. The Hall–Kier alpha value is -0.690. The van der Waals surface area contributed by atoms with Gasteiger partial charge in [-0.05, 0) is 24.5 Å². The summed E-state index contributed by atoms with van der Waals surface area (Å²) in [5.41, 5.74) is 2.93. The molecule has 1 aliphatic rings. The monoisotopic (exact) mass is 237 g/mol. The van der Waals surface area contributed by atoms with Gasteiger partial charge in [0.05, 0.1) is 10.7 Å². The Morgan fingerprint density at radius 1 is 1.25 bits per heavy atom. The number of benzene rings is 1. The Bertz CT molecular complexity index is 367. The van der Waals surface area contributed by atoms with Gasteiger partial charge in [0.25, 0.3) is 0 Å². The number of hydrogen-bond donors (Lipinski definition) is 1. The molecule has 0 amide bonds. The maximum absolute atomic E-state index is 6.23. The maximum atomic E-state index is 6.23. The lowest BCUT2D eigenvalue weighted by Crippen LogP contribution is -2.28. The average molecular weight is 238 g/mol. The summed E-state index contributed by atoms with van der Waals surface area (Å²) < 4.78 is 0. The number of nitrogens with one attached hydrogen (secondary N) is 1. The van der Waals surface area contributed by atoms with Gasteiger partial charge in [-0.15, -0.1) is 0 Å². The van der Waals surface area contributed by atoms with E-state index in [9.17, 15) is 0 Å². The zero-order chi connectivity index (χ0) is 11.6. The molecular weight excluding hydrogens is 218 g/mol. The van der Waals surface area contributed by atoms with Crippen molar-refractivity contribution < 1.29 is 0 Å². The van der Waals surface area contributed by atoms with Crippen LogP contribution in [0.5, 0.6) is 0 Å². The van der Waals surface area contributed by atoms with Crippen molar-refractivity contribution in [3.05, 3.63) is 28.8 Å². The van der Waals surface area contributed by atoms with Crippen LogP contribution in [0, 0.1) is 0 Å². The lowest BCUT2D eigenvalue weighted by Gasteiger charge is -2.28. The highest BCUT2D eigenvalue weighted by molar-refractivity contribution is 6.33. The largest absolute Gasteiger partial charge is 0.383 e. The Kier molecular flexibility index (Phi) is 3.44. The Morgan fingerprint density at radius 2 is 1.94 bits per heavy atom. The molecule has 88 valence electrons. The number of para-hydroxylation sites is 1. The van der Waals surface area contributed by atoms with Gasteiger partial charge in [-0.25, -0.2) is 0 Å². The third-order valence-electron chi connectivity index (χ3n) is 3.65. The molecule has 0 unspecified atom stereocenters. The van der Waals surface area contributed by atoms with Crippen LogP contribution in [0.2, 0.25) is 5.02 Å². The van der Waals surface area contributed by atoms with Crippen LogP contribution in [0.4, 0.5) is 5.69 Å². The van der Waals surface area contributed by atoms with E-state index in [2.05, 4.69) is 31.3 Å². The Labute approximate surface area is 103 Å². The van der Waals surface area contributed by atoms with Crippen molar-refractivity contribution in [1.29, 1.82) is 0 Å². The molecule has 0 spiro atoms. The van der Waals surface area contributed by atoms with E-state index in [0.717, 1.165) is 11.6 Å². The van der Waals surface area contributed by atoms with Gasteiger partial charge >= 0.3 is 0 Å². The normalized spacial score (nSPS) is 16.9.